The van der Waals surface area contributed by atoms with Crippen LogP contribution in [-0.4, -0.2) is 138 Å². The Morgan fingerprint density at radius 2 is 0.836 bits per heavy atom. The SMILES string of the molecule is CSCC[C@H](NC(=O)[C@H](CCC(=O)O)NC(=O)[C@H](CCC(N)=O)NC(C)=O)C(=O)N[C@@H](CCC(N)=O)C(=O)N[C@@H](CCCNC(=N)N)C(=O)N[C@@H](CCCNC(=N)N)C(N)=O. The van der Waals surface area contributed by atoms with E-state index in [1.54, 1.807) is 6.26 Å². The van der Waals surface area contributed by atoms with E-state index in [0.29, 0.717) is 0 Å². The minimum absolute atomic E-state index is 0.0282. The first kappa shape index (κ1) is 54.6. The highest BCUT2D eigenvalue weighted by Gasteiger charge is 2.33. The molecule has 6 atom stereocenters. The van der Waals surface area contributed by atoms with Crippen molar-refractivity contribution in [3.8, 4) is 0 Å². The molecule has 21 N–H and O–H groups in total. The molecule has 0 aliphatic rings. The van der Waals surface area contributed by atoms with Crippen LogP contribution in [0.2, 0.25) is 0 Å². The Morgan fingerprint density at radius 3 is 1.16 bits per heavy atom. The number of guanidine groups is 2. The molecule has 0 rings (SSSR count). The van der Waals surface area contributed by atoms with Gasteiger partial charge in [0.15, 0.2) is 11.9 Å². The fraction of sp³-hybridized carbons (Fsp3) is 0.647. The van der Waals surface area contributed by atoms with Crippen LogP contribution in [0.15, 0.2) is 0 Å². The second kappa shape index (κ2) is 29.7. The summed E-state index contributed by atoms with van der Waals surface area (Å²) in [6.07, 6.45) is -0.452. The van der Waals surface area contributed by atoms with Crippen molar-refractivity contribution in [2.24, 2.45) is 28.7 Å². The number of amides is 9. The van der Waals surface area contributed by atoms with Crippen LogP contribution in [0, 0.1) is 10.8 Å². The predicted molar refractivity (Wildman–Crippen MR) is 221 cm³/mol. The molecule has 0 aliphatic heterocycles. The number of carbonyl (C=O) groups excluding carboxylic acids is 9. The lowest BCUT2D eigenvalue weighted by Crippen LogP contribution is -2.59. The van der Waals surface area contributed by atoms with E-state index in [-0.39, 0.29) is 82.1 Å². The largest absolute Gasteiger partial charge is 0.481 e. The van der Waals surface area contributed by atoms with Crippen LogP contribution in [-0.2, 0) is 47.9 Å². The number of primary amides is 3. The normalized spacial score (nSPS) is 13.5. The standard InChI is InChI=1S/C34H61N15O11S/c1-17(50)44-20(7-10-24(35)51)29(57)48-22(9-12-26(53)54)31(59)49-23(13-16-61-2)32(60)47-21(8-11-25(36)52)30(58)46-19(6-4-15-43-34(40)41)28(56)45-18(27(37)55)5-3-14-42-33(38)39/h18-23H,3-16H2,1-2H3,(H2,35,51)(H2,36,52)(H2,37,55)(H,44,50)(H,45,56)(H,46,58)(H,47,60)(H,48,57)(H,49,59)(H,53,54)(H4,38,39,42)(H4,40,41,43)/t18-,19-,20-,21-,22-,23-/m0/s1. The van der Waals surface area contributed by atoms with Crippen molar-refractivity contribution in [3.63, 3.8) is 0 Å². The van der Waals surface area contributed by atoms with Crippen LogP contribution < -0.4 is 71.2 Å². The molecule has 0 saturated carbocycles. The van der Waals surface area contributed by atoms with Crippen molar-refractivity contribution in [1.29, 1.82) is 10.8 Å². The molecule has 0 aromatic heterocycles. The molecule has 0 saturated heterocycles. The van der Waals surface area contributed by atoms with Crippen LogP contribution in [0.1, 0.15) is 77.6 Å². The van der Waals surface area contributed by atoms with Gasteiger partial charge in [-0.2, -0.15) is 11.8 Å². The fourth-order valence-corrected chi connectivity index (χ4v) is 5.84. The maximum atomic E-state index is 13.8. The topological polar surface area (TPSA) is 465 Å². The van der Waals surface area contributed by atoms with Crippen molar-refractivity contribution in [2.75, 3.05) is 25.1 Å². The zero-order valence-corrected chi connectivity index (χ0v) is 35.0. The molecule has 0 aromatic carbocycles. The Morgan fingerprint density at radius 1 is 0.508 bits per heavy atom. The molecule has 0 bridgehead atoms. The van der Waals surface area contributed by atoms with Gasteiger partial charge in [-0.25, -0.2) is 0 Å². The van der Waals surface area contributed by atoms with Crippen molar-refractivity contribution in [2.45, 2.75) is 114 Å². The van der Waals surface area contributed by atoms with Gasteiger partial charge >= 0.3 is 5.97 Å². The van der Waals surface area contributed by atoms with Gasteiger partial charge in [0.2, 0.25) is 53.2 Å². The molecule has 0 heterocycles. The third-order valence-corrected chi connectivity index (χ3v) is 9.12. The summed E-state index contributed by atoms with van der Waals surface area (Å²) in [7, 11) is 0. The number of carboxylic acid groups (broad SMARTS) is 1. The Bertz CT molecular complexity index is 1590. The summed E-state index contributed by atoms with van der Waals surface area (Å²) in [5.41, 5.74) is 26.6. The second-order valence-electron chi connectivity index (χ2n) is 13.7. The highest BCUT2D eigenvalue weighted by molar-refractivity contribution is 7.98. The third-order valence-electron chi connectivity index (χ3n) is 8.47. The van der Waals surface area contributed by atoms with Gasteiger partial charge in [-0.15, -0.1) is 0 Å². The van der Waals surface area contributed by atoms with Gasteiger partial charge in [0.1, 0.15) is 36.3 Å². The first-order valence-electron chi connectivity index (χ1n) is 19.1. The van der Waals surface area contributed by atoms with Crippen LogP contribution in [0.3, 0.4) is 0 Å². The fourth-order valence-electron chi connectivity index (χ4n) is 5.37. The zero-order valence-electron chi connectivity index (χ0n) is 34.2. The minimum atomic E-state index is -1.57. The summed E-state index contributed by atoms with van der Waals surface area (Å²) in [6.45, 7) is 1.38. The predicted octanol–water partition coefficient (Wildman–Crippen LogP) is -5.92. The first-order valence-corrected chi connectivity index (χ1v) is 20.5. The summed E-state index contributed by atoms with van der Waals surface area (Å²) in [5, 5.41) is 43.6. The van der Waals surface area contributed by atoms with Gasteiger partial charge in [-0.3, -0.25) is 58.8 Å². The van der Waals surface area contributed by atoms with E-state index in [9.17, 15) is 53.1 Å². The van der Waals surface area contributed by atoms with E-state index < -0.39 is 115 Å². The molecule has 9 amide bonds. The smallest absolute Gasteiger partial charge is 0.303 e. The van der Waals surface area contributed by atoms with E-state index in [0.717, 1.165) is 6.92 Å². The molecule has 0 unspecified atom stereocenters. The zero-order chi connectivity index (χ0) is 46.7. The maximum absolute atomic E-state index is 13.8. The molecule has 26 nitrogen and oxygen atoms in total. The van der Waals surface area contributed by atoms with E-state index in [4.69, 9.17) is 39.5 Å². The van der Waals surface area contributed by atoms with Gasteiger partial charge in [0.05, 0.1) is 0 Å². The quantitative estimate of drug-likeness (QED) is 0.0170. The van der Waals surface area contributed by atoms with Gasteiger partial charge in [0, 0.05) is 39.3 Å². The number of nitrogens with two attached hydrogens (primary N) is 5. The summed E-state index contributed by atoms with van der Waals surface area (Å²) >= 11 is 1.28. The molecular formula is C34H61N15O11S. The molecule has 61 heavy (non-hydrogen) atoms. The Hall–Kier alpha value is -6.41. The van der Waals surface area contributed by atoms with Crippen molar-refractivity contribution < 1.29 is 53.1 Å². The van der Waals surface area contributed by atoms with E-state index >= 15 is 0 Å². The van der Waals surface area contributed by atoms with Crippen LogP contribution in [0.4, 0.5) is 0 Å². The molecule has 27 heteroatoms. The summed E-state index contributed by atoms with van der Waals surface area (Å²) in [4.78, 5) is 126. The molecular weight excluding hydrogens is 827 g/mol. The number of carbonyl (C=O) groups is 10. The minimum Gasteiger partial charge on any atom is -0.481 e. The van der Waals surface area contributed by atoms with Crippen LogP contribution in [0.5, 0.6) is 0 Å². The Kier molecular flexibility index (Phi) is 26.6. The van der Waals surface area contributed by atoms with Gasteiger partial charge < -0.3 is 76.3 Å². The maximum Gasteiger partial charge on any atom is 0.303 e. The van der Waals surface area contributed by atoms with Crippen LogP contribution >= 0.6 is 11.8 Å². The summed E-state index contributed by atoms with van der Waals surface area (Å²) in [5.74, 6) is -9.65. The Labute approximate surface area is 356 Å². The van der Waals surface area contributed by atoms with Gasteiger partial charge in [-0.1, -0.05) is 0 Å². The average Bonchev–Trinajstić information content (AvgIpc) is 3.16. The first-order chi connectivity index (χ1) is 28.6. The third kappa shape index (κ3) is 25.6. The molecule has 0 aromatic rings. The van der Waals surface area contributed by atoms with E-state index in [1.165, 1.54) is 11.8 Å². The highest BCUT2D eigenvalue weighted by atomic mass is 32.2. The number of hydrogen-bond donors (Lipinski definition) is 16. The van der Waals surface area contributed by atoms with Gasteiger partial charge in [-0.05, 0) is 63.4 Å². The number of nitrogens with one attached hydrogen (secondary N) is 10. The number of thioether (sulfide) groups is 1. The van der Waals surface area contributed by atoms with Crippen molar-refractivity contribution in [1.82, 2.24) is 42.5 Å². The highest BCUT2D eigenvalue weighted by Crippen LogP contribution is 2.09. The number of aliphatic carboxylic acids is 1. The Balaban J connectivity index is 6.48. The van der Waals surface area contributed by atoms with Crippen molar-refractivity contribution in [3.05, 3.63) is 0 Å². The van der Waals surface area contributed by atoms with Gasteiger partial charge in [0.25, 0.3) is 0 Å². The summed E-state index contributed by atoms with van der Waals surface area (Å²) in [6, 6.07) is -8.45. The van der Waals surface area contributed by atoms with Crippen molar-refractivity contribution >= 4 is 82.8 Å². The number of hydrogen-bond acceptors (Lipinski definition) is 13. The van der Waals surface area contributed by atoms with E-state index in [1.807, 2.05) is 0 Å². The molecule has 0 spiro atoms. The second-order valence-corrected chi connectivity index (χ2v) is 14.6. The van der Waals surface area contributed by atoms with Crippen LogP contribution in [0.25, 0.3) is 0 Å². The number of carboxylic acids is 1. The lowest BCUT2D eigenvalue weighted by Gasteiger charge is -2.27. The molecule has 344 valence electrons. The average molecular weight is 888 g/mol. The number of rotatable bonds is 32. The molecule has 0 fully saturated rings. The molecule has 0 radical (unpaired) electrons. The monoisotopic (exact) mass is 887 g/mol. The van der Waals surface area contributed by atoms with E-state index in [2.05, 4.69) is 42.5 Å². The lowest BCUT2D eigenvalue weighted by atomic mass is 10.0. The molecule has 0 aliphatic carbocycles. The summed E-state index contributed by atoms with van der Waals surface area (Å²) < 4.78 is 0. The lowest BCUT2D eigenvalue weighted by molar-refractivity contribution is -0.138.